The summed E-state index contributed by atoms with van der Waals surface area (Å²) in [4.78, 5) is 25.8. The quantitative estimate of drug-likeness (QED) is 0.439. The smallest absolute Gasteiger partial charge is 0.396 e. The Bertz CT molecular complexity index is 1000. The summed E-state index contributed by atoms with van der Waals surface area (Å²) in [6, 6.07) is 8.04. The van der Waals surface area contributed by atoms with Crippen molar-refractivity contribution in [3.63, 3.8) is 0 Å². The molecule has 0 fully saturated rings. The fourth-order valence-electron chi connectivity index (χ4n) is 3.04. The van der Waals surface area contributed by atoms with Gasteiger partial charge in [0.1, 0.15) is 0 Å². The molecule has 146 valence electrons. The summed E-state index contributed by atoms with van der Waals surface area (Å²) in [5.74, 6) is -1.21. The lowest BCUT2D eigenvalue weighted by Crippen LogP contribution is -2.32. The molecule has 0 aliphatic heterocycles. The molecule has 8 heteroatoms. The third-order valence-corrected chi connectivity index (χ3v) is 4.45. The first kappa shape index (κ1) is 19.3. The van der Waals surface area contributed by atoms with Crippen molar-refractivity contribution < 1.29 is 18.7 Å². The number of fused-ring (bicyclic) bond motifs is 1. The van der Waals surface area contributed by atoms with Crippen molar-refractivity contribution in [2.75, 3.05) is 18.6 Å². The number of carbonyl (C=O) groups excluding carboxylic acids is 2. The number of anilines is 1. The largest absolute Gasteiger partial charge is 0.462 e. The molecule has 3 rings (SSSR count). The van der Waals surface area contributed by atoms with Crippen molar-refractivity contribution in [3.8, 4) is 0 Å². The zero-order chi connectivity index (χ0) is 20.1. The molecule has 0 saturated carbocycles. The molecule has 0 unspecified atom stereocenters. The van der Waals surface area contributed by atoms with Crippen molar-refractivity contribution in [2.24, 2.45) is 7.05 Å². The Balaban J connectivity index is 1.76. The monoisotopic (exact) mass is 382 g/mol. The Morgan fingerprint density at radius 1 is 1.32 bits per heavy atom. The van der Waals surface area contributed by atoms with Gasteiger partial charge in [0.2, 0.25) is 5.91 Å². The minimum atomic E-state index is -0.745. The molecular formula is C20H22N4O4. The number of aryl methyl sites for hydroxylation is 2. The van der Waals surface area contributed by atoms with Crippen LogP contribution in [-0.4, -0.2) is 40.3 Å². The predicted molar refractivity (Wildman–Crippen MR) is 104 cm³/mol. The number of benzene rings is 1. The standard InChI is InChI=1S/C20H22N4O4/c1-4-5-12-24(20-22-21-18(28-20)19(26)27-3)17(25)11-10-14-13-23(2)16-9-7-6-8-15(14)16/h4,6-9,13H,1,5,10-12H2,2-3H3. The Labute approximate surface area is 162 Å². The van der Waals surface area contributed by atoms with Crippen LogP contribution in [0.2, 0.25) is 0 Å². The average Bonchev–Trinajstić information content (AvgIpc) is 3.32. The molecule has 0 saturated heterocycles. The van der Waals surface area contributed by atoms with E-state index in [9.17, 15) is 9.59 Å². The summed E-state index contributed by atoms with van der Waals surface area (Å²) < 4.78 is 11.9. The summed E-state index contributed by atoms with van der Waals surface area (Å²) in [6.45, 7) is 4.02. The van der Waals surface area contributed by atoms with E-state index in [4.69, 9.17) is 4.42 Å². The Kier molecular flexibility index (Phi) is 5.88. The summed E-state index contributed by atoms with van der Waals surface area (Å²) in [7, 11) is 3.20. The van der Waals surface area contributed by atoms with E-state index in [0.29, 0.717) is 19.4 Å². The molecule has 0 aliphatic carbocycles. The van der Waals surface area contributed by atoms with Gasteiger partial charge in [0.25, 0.3) is 0 Å². The predicted octanol–water partition coefficient (Wildman–Crippen LogP) is 2.89. The number of carbonyl (C=O) groups is 2. The fourth-order valence-corrected chi connectivity index (χ4v) is 3.04. The number of hydrogen-bond acceptors (Lipinski definition) is 6. The zero-order valence-electron chi connectivity index (χ0n) is 15.9. The molecule has 0 aliphatic rings. The molecule has 28 heavy (non-hydrogen) atoms. The van der Waals surface area contributed by atoms with E-state index in [-0.39, 0.29) is 24.2 Å². The SMILES string of the molecule is C=CCCN(C(=O)CCc1cn(C)c2ccccc12)c1nnc(C(=O)OC)o1. The van der Waals surface area contributed by atoms with Crippen LogP contribution in [0.1, 0.15) is 29.1 Å². The maximum absolute atomic E-state index is 12.9. The maximum Gasteiger partial charge on any atom is 0.396 e. The minimum Gasteiger partial charge on any atom is -0.462 e. The second kappa shape index (κ2) is 8.51. The molecule has 0 bridgehead atoms. The number of hydrogen-bond donors (Lipinski definition) is 0. The minimum absolute atomic E-state index is 0.0230. The van der Waals surface area contributed by atoms with E-state index < -0.39 is 5.97 Å². The van der Waals surface area contributed by atoms with Gasteiger partial charge in [-0.3, -0.25) is 9.69 Å². The molecule has 0 N–H and O–H groups in total. The van der Waals surface area contributed by atoms with E-state index in [1.165, 1.54) is 12.0 Å². The molecule has 1 aromatic carbocycles. The topological polar surface area (TPSA) is 90.5 Å². The van der Waals surface area contributed by atoms with Gasteiger partial charge in [0, 0.05) is 37.1 Å². The number of esters is 1. The van der Waals surface area contributed by atoms with Crippen LogP contribution in [-0.2, 0) is 23.0 Å². The first-order chi connectivity index (χ1) is 13.5. The van der Waals surface area contributed by atoms with Crippen LogP contribution in [0.4, 0.5) is 6.01 Å². The van der Waals surface area contributed by atoms with Crippen LogP contribution >= 0.6 is 0 Å². The van der Waals surface area contributed by atoms with Gasteiger partial charge in [-0.2, -0.15) is 0 Å². The lowest BCUT2D eigenvalue weighted by Gasteiger charge is -2.17. The highest BCUT2D eigenvalue weighted by Crippen LogP contribution is 2.22. The van der Waals surface area contributed by atoms with Crippen molar-refractivity contribution in [1.29, 1.82) is 0 Å². The Morgan fingerprint density at radius 2 is 2.11 bits per heavy atom. The first-order valence-electron chi connectivity index (χ1n) is 8.91. The van der Waals surface area contributed by atoms with E-state index in [1.807, 2.05) is 42.1 Å². The lowest BCUT2D eigenvalue weighted by molar-refractivity contribution is -0.118. The van der Waals surface area contributed by atoms with Gasteiger partial charge >= 0.3 is 17.9 Å². The van der Waals surface area contributed by atoms with Crippen LogP contribution in [0, 0.1) is 0 Å². The van der Waals surface area contributed by atoms with E-state index in [0.717, 1.165) is 16.5 Å². The molecule has 2 aromatic heterocycles. The number of aromatic nitrogens is 3. The summed E-state index contributed by atoms with van der Waals surface area (Å²) >= 11 is 0. The highest BCUT2D eigenvalue weighted by atomic mass is 16.5. The number of rotatable bonds is 8. The van der Waals surface area contributed by atoms with Gasteiger partial charge in [-0.1, -0.05) is 34.5 Å². The van der Waals surface area contributed by atoms with Crippen LogP contribution < -0.4 is 4.90 Å². The first-order valence-corrected chi connectivity index (χ1v) is 8.91. The molecule has 8 nitrogen and oxygen atoms in total. The number of amides is 1. The average molecular weight is 382 g/mol. The van der Waals surface area contributed by atoms with Crippen LogP contribution in [0.5, 0.6) is 0 Å². The summed E-state index contributed by atoms with van der Waals surface area (Å²) in [6.07, 6.45) is 5.12. The maximum atomic E-state index is 12.9. The van der Waals surface area contributed by atoms with Gasteiger partial charge in [-0.25, -0.2) is 4.79 Å². The number of nitrogens with zero attached hydrogens (tertiary/aromatic N) is 4. The fraction of sp³-hybridized carbons (Fsp3) is 0.300. The van der Waals surface area contributed by atoms with Gasteiger partial charge in [0.05, 0.1) is 7.11 Å². The Hall–Kier alpha value is -3.42. The van der Waals surface area contributed by atoms with Crippen molar-refractivity contribution >= 4 is 28.8 Å². The van der Waals surface area contributed by atoms with Crippen molar-refractivity contribution in [2.45, 2.75) is 19.3 Å². The van der Waals surface area contributed by atoms with Crippen LogP contribution in [0.25, 0.3) is 10.9 Å². The second-order valence-corrected chi connectivity index (χ2v) is 6.29. The zero-order valence-corrected chi connectivity index (χ0v) is 15.9. The van der Waals surface area contributed by atoms with E-state index in [1.54, 1.807) is 6.08 Å². The van der Waals surface area contributed by atoms with Crippen molar-refractivity contribution in [1.82, 2.24) is 14.8 Å². The van der Waals surface area contributed by atoms with Gasteiger partial charge in [0.15, 0.2) is 0 Å². The Morgan fingerprint density at radius 3 is 2.86 bits per heavy atom. The highest BCUT2D eigenvalue weighted by molar-refractivity contribution is 5.92. The van der Waals surface area contributed by atoms with Gasteiger partial charge in [-0.15, -0.1) is 6.58 Å². The number of ether oxygens (including phenoxy) is 1. The normalized spacial score (nSPS) is 10.8. The molecule has 2 heterocycles. The molecule has 3 aromatic rings. The van der Waals surface area contributed by atoms with E-state index in [2.05, 4.69) is 21.5 Å². The second-order valence-electron chi connectivity index (χ2n) is 6.29. The number of para-hydroxylation sites is 1. The lowest BCUT2D eigenvalue weighted by atomic mass is 10.1. The summed E-state index contributed by atoms with van der Waals surface area (Å²) in [5, 5.41) is 8.59. The van der Waals surface area contributed by atoms with Crippen LogP contribution in [0.15, 0.2) is 47.5 Å². The third kappa shape index (κ3) is 3.95. The third-order valence-electron chi connectivity index (χ3n) is 4.45. The summed E-state index contributed by atoms with van der Waals surface area (Å²) in [5.41, 5.74) is 2.21. The molecule has 0 spiro atoms. The number of methoxy groups -OCH3 is 1. The van der Waals surface area contributed by atoms with Crippen LogP contribution in [0.3, 0.4) is 0 Å². The molecule has 0 atom stereocenters. The molecular weight excluding hydrogens is 360 g/mol. The highest BCUT2D eigenvalue weighted by Gasteiger charge is 2.24. The van der Waals surface area contributed by atoms with Gasteiger partial charge < -0.3 is 13.7 Å². The van der Waals surface area contributed by atoms with Gasteiger partial charge in [-0.05, 0) is 24.5 Å². The molecule has 0 radical (unpaired) electrons. The van der Waals surface area contributed by atoms with Crippen molar-refractivity contribution in [3.05, 3.63) is 54.6 Å². The molecule has 1 amide bonds. The van der Waals surface area contributed by atoms with E-state index >= 15 is 0 Å².